The molecule has 5 nitrogen and oxygen atoms in total. The summed E-state index contributed by atoms with van der Waals surface area (Å²) in [6.07, 6.45) is 1.60. The highest BCUT2D eigenvalue weighted by Gasteiger charge is 2.50. The van der Waals surface area contributed by atoms with E-state index in [1.807, 2.05) is 13.0 Å². The highest BCUT2D eigenvalue weighted by molar-refractivity contribution is 5.48. The van der Waals surface area contributed by atoms with Gasteiger partial charge < -0.3 is 10.5 Å². The Labute approximate surface area is 112 Å². The molecule has 1 aliphatic carbocycles. The van der Waals surface area contributed by atoms with Crippen LogP contribution in [-0.4, -0.2) is 17.1 Å². The van der Waals surface area contributed by atoms with Crippen LogP contribution in [0.3, 0.4) is 0 Å². The summed E-state index contributed by atoms with van der Waals surface area (Å²) in [5.74, 6) is 0.340. The quantitative estimate of drug-likeness (QED) is 0.670. The number of nitrogens with two attached hydrogens (primary N) is 1. The van der Waals surface area contributed by atoms with Gasteiger partial charge in [-0.2, -0.15) is 0 Å². The maximum absolute atomic E-state index is 11.1. The molecule has 5 heteroatoms. The minimum atomic E-state index is -0.399. The van der Waals surface area contributed by atoms with Crippen LogP contribution in [0.2, 0.25) is 0 Å². The van der Waals surface area contributed by atoms with Crippen LogP contribution in [0.1, 0.15) is 32.3 Å². The molecule has 0 bridgehead atoms. The Morgan fingerprint density at radius 1 is 1.58 bits per heavy atom. The molecule has 19 heavy (non-hydrogen) atoms. The first-order chi connectivity index (χ1) is 8.88. The predicted octanol–water partition coefficient (Wildman–Crippen LogP) is 2.80. The molecular weight excluding hydrogens is 244 g/mol. The zero-order chi connectivity index (χ0) is 14.2. The van der Waals surface area contributed by atoms with Crippen LogP contribution in [0.15, 0.2) is 18.2 Å². The average Bonchev–Trinajstić information content (AvgIpc) is 2.38. The number of ether oxygens (including phenoxy) is 1. The van der Waals surface area contributed by atoms with Crippen molar-refractivity contribution in [1.29, 1.82) is 0 Å². The van der Waals surface area contributed by atoms with E-state index in [1.165, 1.54) is 6.07 Å². The lowest BCUT2D eigenvalue weighted by atomic mass is 9.62. The van der Waals surface area contributed by atoms with Crippen molar-refractivity contribution in [3.63, 3.8) is 0 Å². The average molecular weight is 264 g/mol. The fourth-order valence-corrected chi connectivity index (χ4v) is 2.54. The van der Waals surface area contributed by atoms with Gasteiger partial charge in [-0.3, -0.25) is 10.1 Å². The maximum atomic E-state index is 11.1. The van der Waals surface area contributed by atoms with E-state index in [9.17, 15) is 10.1 Å². The van der Waals surface area contributed by atoms with E-state index < -0.39 is 4.92 Å². The summed E-state index contributed by atoms with van der Waals surface area (Å²) in [6, 6.07) is 5.14. The Hall–Kier alpha value is -1.62. The zero-order valence-corrected chi connectivity index (χ0v) is 11.6. The van der Waals surface area contributed by atoms with Gasteiger partial charge in [-0.15, -0.1) is 0 Å². The normalized spacial score (nSPS) is 29.7. The van der Waals surface area contributed by atoms with Crippen molar-refractivity contribution >= 4 is 5.69 Å². The van der Waals surface area contributed by atoms with Crippen molar-refractivity contribution in [2.45, 2.75) is 45.8 Å². The highest BCUT2D eigenvalue weighted by atomic mass is 16.6. The molecule has 0 saturated heterocycles. The van der Waals surface area contributed by atoms with Crippen molar-refractivity contribution < 1.29 is 9.66 Å². The molecule has 0 aromatic heterocycles. The van der Waals surface area contributed by atoms with Crippen molar-refractivity contribution in [2.24, 2.45) is 11.1 Å². The molecule has 3 atom stereocenters. The van der Waals surface area contributed by atoms with Crippen LogP contribution >= 0.6 is 0 Å². The van der Waals surface area contributed by atoms with Gasteiger partial charge in [-0.05, 0) is 25.0 Å². The van der Waals surface area contributed by atoms with E-state index in [2.05, 4.69) is 13.8 Å². The molecule has 0 spiro atoms. The largest absolute Gasteiger partial charge is 0.483 e. The summed E-state index contributed by atoms with van der Waals surface area (Å²) < 4.78 is 5.85. The van der Waals surface area contributed by atoms with Crippen LogP contribution in [0.5, 0.6) is 5.75 Å². The Balaban J connectivity index is 2.23. The van der Waals surface area contributed by atoms with E-state index in [0.717, 1.165) is 18.4 Å². The Bertz CT molecular complexity index is 503. The van der Waals surface area contributed by atoms with Crippen LogP contribution in [0.4, 0.5) is 5.69 Å². The second-order valence-corrected chi connectivity index (χ2v) is 5.54. The monoisotopic (exact) mass is 264 g/mol. The lowest BCUT2D eigenvalue weighted by molar-refractivity contribution is -0.386. The number of nitro groups is 1. The summed E-state index contributed by atoms with van der Waals surface area (Å²) in [7, 11) is 0. The first-order valence-electron chi connectivity index (χ1n) is 6.55. The molecule has 0 radical (unpaired) electrons. The molecule has 0 heterocycles. The Morgan fingerprint density at radius 3 is 2.79 bits per heavy atom. The third-order valence-corrected chi connectivity index (χ3v) is 4.39. The minimum Gasteiger partial charge on any atom is -0.483 e. The van der Waals surface area contributed by atoms with Crippen molar-refractivity contribution in [1.82, 2.24) is 0 Å². The van der Waals surface area contributed by atoms with Crippen molar-refractivity contribution in [3.05, 3.63) is 33.9 Å². The van der Waals surface area contributed by atoms with Gasteiger partial charge in [0.05, 0.1) is 4.92 Å². The topological polar surface area (TPSA) is 78.4 Å². The van der Waals surface area contributed by atoms with Crippen LogP contribution in [-0.2, 0) is 0 Å². The van der Waals surface area contributed by atoms with Gasteiger partial charge in [0.25, 0.3) is 0 Å². The lowest BCUT2D eigenvalue weighted by Crippen LogP contribution is -2.61. The van der Waals surface area contributed by atoms with Gasteiger partial charge in [0.2, 0.25) is 0 Å². The smallest absolute Gasteiger partial charge is 0.311 e. The fraction of sp³-hybridized carbons (Fsp3) is 0.571. The van der Waals surface area contributed by atoms with Crippen LogP contribution in [0.25, 0.3) is 0 Å². The van der Waals surface area contributed by atoms with E-state index in [-0.39, 0.29) is 23.2 Å². The SMILES string of the molecule is CCC1(C)C(N)CC1Oc1ccc(C)cc1[N+](=O)[O-]. The minimum absolute atomic E-state index is 0.0268. The standard InChI is InChI=1S/C14H20N2O3/c1-4-14(3)12(15)8-13(14)19-11-6-5-9(2)7-10(11)16(17)18/h5-7,12-13H,4,8,15H2,1-3H3. The molecule has 2 N–H and O–H groups in total. The Kier molecular flexibility index (Phi) is 3.49. The molecular formula is C14H20N2O3. The van der Waals surface area contributed by atoms with Gasteiger partial charge in [0, 0.05) is 23.9 Å². The molecule has 2 rings (SSSR count). The highest BCUT2D eigenvalue weighted by Crippen LogP contribution is 2.46. The number of nitrogens with zero attached hydrogens (tertiary/aromatic N) is 1. The molecule has 0 aliphatic heterocycles. The van der Waals surface area contributed by atoms with Crippen molar-refractivity contribution in [2.75, 3.05) is 0 Å². The van der Waals surface area contributed by atoms with E-state index in [0.29, 0.717) is 5.75 Å². The molecule has 0 amide bonds. The number of aryl methyl sites for hydroxylation is 1. The lowest BCUT2D eigenvalue weighted by Gasteiger charge is -2.51. The van der Waals surface area contributed by atoms with Gasteiger partial charge >= 0.3 is 5.69 Å². The molecule has 1 aliphatic rings. The van der Waals surface area contributed by atoms with Gasteiger partial charge in [0.15, 0.2) is 5.75 Å². The van der Waals surface area contributed by atoms with E-state index >= 15 is 0 Å². The molecule has 1 aromatic rings. The second kappa shape index (κ2) is 4.81. The first kappa shape index (κ1) is 13.8. The fourth-order valence-electron chi connectivity index (χ4n) is 2.54. The van der Waals surface area contributed by atoms with E-state index in [4.69, 9.17) is 10.5 Å². The van der Waals surface area contributed by atoms with Gasteiger partial charge in [0.1, 0.15) is 6.10 Å². The second-order valence-electron chi connectivity index (χ2n) is 5.54. The summed E-state index contributed by atoms with van der Waals surface area (Å²) in [5, 5.41) is 11.1. The Morgan fingerprint density at radius 2 is 2.26 bits per heavy atom. The van der Waals surface area contributed by atoms with Crippen molar-refractivity contribution in [3.8, 4) is 5.75 Å². The van der Waals surface area contributed by atoms with Gasteiger partial charge in [-0.1, -0.05) is 19.9 Å². The zero-order valence-electron chi connectivity index (χ0n) is 11.6. The number of hydrogen-bond donors (Lipinski definition) is 1. The molecule has 1 aromatic carbocycles. The summed E-state index contributed by atoms with van der Waals surface area (Å²) in [5.41, 5.74) is 6.80. The van der Waals surface area contributed by atoms with Crippen LogP contribution < -0.4 is 10.5 Å². The van der Waals surface area contributed by atoms with E-state index in [1.54, 1.807) is 6.07 Å². The summed E-state index contributed by atoms with van der Waals surface area (Å²) >= 11 is 0. The summed E-state index contributed by atoms with van der Waals surface area (Å²) in [4.78, 5) is 10.7. The molecule has 1 saturated carbocycles. The molecule has 1 fully saturated rings. The third-order valence-electron chi connectivity index (χ3n) is 4.39. The number of nitro benzene ring substituents is 1. The van der Waals surface area contributed by atoms with Crippen LogP contribution in [0, 0.1) is 22.5 Å². The molecule has 3 unspecified atom stereocenters. The molecule has 104 valence electrons. The third kappa shape index (κ3) is 2.30. The van der Waals surface area contributed by atoms with Gasteiger partial charge in [-0.25, -0.2) is 0 Å². The maximum Gasteiger partial charge on any atom is 0.311 e. The number of hydrogen-bond acceptors (Lipinski definition) is 4. The summed E-state index contributed by atoms with van der Waals surface area (Å²) in [6.45, 7) is 5.97. The first-order valence-corrected chi connectivity index (χ1v) is 6.55. The predicted molar refractivity (Wildman–Crippen MR) is 73.2 cm³/mol. The number of rotatable bonds is 4. The number of benzene rings is 1.